The van der Waals surface area contributed by atoms with Gasteiger partial charge in [-0.1, -0.05) is 6.07 Å². The normalized spacial score (nSPS) is 16.3. The van der Waals surface area contributed by atoms with Gasteiger partial charge in [0, 0.05) is 51.3 Å². The highest BCUT2D eigenvalue weighted by molar-refractivity contribution is 5.92. The number of nitrogens with zero attached hydrogens (tertiary/aromatic N) is 5. The Morgan fingerprint density at radius 2 is 2.04 bits per heavy atom. The van der Waals surface area contributed by atoms with Crippen LogP contribution in [0.25, 0.3) is 0 Å². The van der Waals surface area contributed by atoms with Gasteiger partial charge in [-0.25, -0.2) is 4.98 Å². The van der Waals surface area contributed by atoms with Crippen LogP contribution in [0.5, 0.6) is 0 Å². The van der Waals surface area contributed by atoms with Crippen LogP contribution in [0.4, 0.5) is 0 Å². The number of carbonyl (C=O) groups is 1. The summed E-state index contributed by atoms with van der Waals surface area (Å²) in [6.07, 6.45) is 6.52. The van der Waals surface area contributed by atoms with Gasteiger partial charge >= 0.3 is 0 Å². The minimum absolute atomic E-state index is 0.0301. The van der Waals surface area contributed by atoms with Crippen molar-refractivity contribution in [1.82, 2.24) is 24.3 Å². The summed E-state index contributed by atoms with van der Waals surface area (Å²) in [7, 11) is 0. The Morgan fingerprint density at radius 1 is 1.13 bits per heavy atom. The molecule has 3 rings (SSSR count). The maximum atomic E-state index is 12.5. The molecule has 0 spiro atoms. The number of imidazole rings is 1. The van der Waals surface area contributed by atoms with Crippen LogP contribution in [0.1, 0.15) is 29.7 Å². The third-order valence-corrected chi connectivity index (χ3v) is 4.27. The Hall–Kier alpha value is -2.21. The van der Waals surface area contributed by atoms with Crippen molar-refractivity contribution in [1.29, 1.82) is 0 Å². The van der Waals surface area contributed by atoms with Crippen LogP contribution in [0, 0.1) is 0 Å². The molecule has 0 N–H and O–H groups in total. The van der Waals surface area contributed by atoms with Crippen molar-refractivity contribution >= 4 is 5.91 Å². The summed E-state index contributed by atoms with van der Waals surface area (Å²) < 4.78 is 2.17. The molecule has 1 aliphatic rings. The standard InChI is InChI=1S/C17H23N5O/c1-2-21-11-8-19-16(21)14-20-9-5-10-22(13-12-20)17(23)15-6-3-4-7-18-15/h3-4,6-8,11H,2,5,9-10,12-14H2,1H3. The lowest BCUT2D eigenvalue weighted by Crippen LogP contribution is -2.35. The largest absolute Gasteiger partial charge is 0.336 e. The summed E-state index contributed by atoms with van der Waals surface area (Å²) in [5.74, 6) is 1.12. The lowest BCUT2D eigenvalue weighted by atomic mass is 10.3. The number of carbonyl (C=O) groups excluding carboxylic acids is 1. The van der Waals surface area contributed by atoms with E-state index in [2.05, 4.69) is 26.4 Å². The van der Waals surface area contributed by atoms with E-state index in [9.17, 15) is 4.79 Å². The van der Waals surface area contributed by atoms with Gasteiger partial charge in [-0.15, -0.1) is 0 Å². The summed E-state index contributed by atoms with van der Waals surface area (Å²) in [4.78, 5) is 25.4. The van der Waals surface area contributed by atoms with Crippen LogP contribution in [-0.4, -0.2) is 56.4 Å². The first-order valence-corrected chi connectivity index (χ1v) is 8.20. The fourth-order valence-corrected chi connectivity index (χ4v) is 2.96. The number of aromatic nitrogens is 3. The predicted octanol–water partition coefficient (Wildman–Crippen LogP) is 1.65. The van der Waals surface area contributed by atoms with E-state index in [0.29, 0.717) is 5.69 Å². The van der Waals surface area contributed by atoms with Gasteiger partial charge in [-0.05, 0) is 25.5 Å². The van der Waals surface area contributed by atoms with Crippen molar-refractivity contribution in [2.45, 2.75) is 26.4 Å². The molecule has 0 unspecified atom stereocenters. The minimum atomic E-state index is 0.0301. The summed E-state index contributed by atoms with van der Waals surface area (Å²) in [6.45, 7) is 7.29. The number of aryl methyl sites for hydroxylation is 1. The first kappa shape index (κ1) is 15.7. The van der Waals surface area contributed by atoms with E-state index in [-0.39, 0.29) is 5.91 Å². The van der Waals surface area contributed by atoms with Gasteiger partial charge in [-0.2, -0.15) is 0 Å². The molecule has 1 aliphatic heterocycles. The molecular formula is C17H23N5O. The van der Waals surface area contributed by atoms with Gasteiger partial charge in [-0.3, -0.25) is 14.7 Å². The van der Waals surface area contributed by atoms with Crippen molar-refractivity contribution in [2.75, 3.05) is 26.2 Å². The Balaban J connectivity index is 1.60. The highest BCUT2D eigenvalue weighted by atomic mass is 16.2. The molecule has 23 heavy (non-hydrogen) atoms. The van der Waals surface area contributed by atoms with Gasteiger partial charge in [0.15, 0.2) is 0 Å². The first-order chi connectivity index (χ1) is 11.3. The summed E-state index contributed by atoms with van der Waals surface area (Å²) in [5.41, 5.74) is 0.530. The van der Waals surface area contributed by atoms with E-state index in [1.807, 2.05) is 29.4 Å². The molecule has 2 aromatic heterocycles. The van der Waals surface area contributed by atoms with E-state index in [0.717, 1.165) is 51.5 Å². The van der Waals surface area contributed by atoms with Gasteiger partial charge < -0.3 is 9.47 Å². The van der Waals surface area contributed by atoms with Crippen LogP contribution >= 0.6 is 0 Å². The lowest BCUT2D eigenvalue weighted by molar-refractivity contribution is 0.0755. The molecule has 3 heterocycles. The monoisotopic (exact) mass is 313 g/mol. The Kier molecular flexibility index (Phi) is 5.02. The second-order valence-corrected chi connectivity index (χ2v) is 5.77. The van der Waals surface area contributed by atoms with E-state index in [1.165, 1.54) is 0 Å². The molecule has 1 saturated heterocycles. The molecule has 0 bridgehead atoms. The second-order valence-electron chi connectivity index (χ2n) is 5.77. The average molecular weight is 313 g/mol. The van der Waals surface area contributed by atoms with Gasteiger partial charge in [0.05, 0.1) is 6.54 Å². The minimum Gasteiger partial charge on any atom is -0.336 e. The highest BCUT2D eigenvalue weighted by Gasteiger charge is 2.21. The van der Waals surface area contributed by atoms with Crippen molar-refractivity contribution in [3.05, 3.63) is 48.3 Å². The van der Waals surface area contributed by atoms with E-state index in [1.54, 1.807) is 12.3 Å². The Labute approximate surface area is 136 Å². The van der Waals surface area contributed by atoms with Gasteiger partial charge in [0.2, 0.25) is 0 Å². The SMILES string of the molecule is CCn1ccnc1CN1CCCN(C(=O)c2ccccn2)CC1. The molecule has 0 aliphatic carbocycles. The molecule has 1 fully saturated rings. The molecule has 6 heteroatoms. The third kappa shape index (κ3) is 3.76. The quantitative estimate of drug-likeness (QED) is 0.861. The van der Waals surface area contributed by atoms with E-state index < -0.39 is 0 Å². The zero-order valence-electron chi connectivity index (χ0n) is 13.6. The van der Waals surface area contributed by atoms with Crippen molar-refractivity contribution in [2.24, 2.45) is 0 Å². The topological polar surface area (TPSA) is 54.3 Å². The van der Waals surface area contributed by atoms with Crippen LogP contribution in [-0.2, 0) is 13.1 Å². The van der Waals surface area contributed by atoms with Crippen LogP contribution in [0.15, 0.2) is 36.8 Å². The number of amides is 1. The van der Waals surface area contributed by atoms with Gasteiger partial charge in [0.25, 0.3) is 5.91 Å². The van der Waals surface area contributed by atoms with Crippen LogP contribution in [0.2, 0.25) is 0 Å². The van der Waals surface area contributed by atoms with Crippen molar-refractivity contribution in [3.8, 4) is 0 Å². The number of rotatable bonds is 4. The van der Waals surface area contributed by atoms with Crippen LogP contribution < -0.4 is 0 Å². The maximum Gasteiger partial charge on any atom is 0.272 e. The number of hydrogen-bond donors (Lipinski definition) is 0. The van der Waals surface area contributed by atoms with Crippen molar-refractivity contribution < 1.29 is 4.79 Å². The average Bonchev–Trinajstić information content (AvgIpc) is 2.91. The summed E-state index contributed by atoms with van der Waals surface area (Å²) >= 11 is 0. The fourth-order valence-electron chi connectivity index (χ4n) is 2.96. The smallest absolute Gasteiger partial charge is 0.272 e. The predicted molar refractivity (Wildman–Crippen MR) is 87.9 cm³/mol. The molecule has 0 atom stereocenters. The van der Waals surface area contributed by atoms with E-state index in [4.69, 9.17) is 0 Å². The first-order valence-electron chi connectivity index (χ1n) is 8.20. The van der Waals surface area contributed by atoms with Crippen molar-refractivity contribution in [3.63, 3.8) is 0 Å². The summed E-state index contributed by atoms with van der Waals surface area (Å²) in [5, 5.41) is 0. The zero-order chi connectivity index (χ0) is 16.1. The Morgan fingerprint density at radius 3 is 2.83 bits per heavy atom. The molecule has 122 valence electrons. The molecule has 0 aromatic carbocycles. The molecule has 2 aromatic rings. The maximum absolute atomic E-state index is 12.5. The molecule has 0 saturated carbocycles. The molecule has 1 amide bonds. The van der Waals surface area contributed by atoms with Gasteiger partial charge in [0.1, 0.15) is 11.5 Å². The Bertz CT molecular complexity index is 639. The molecule has 0 radical (unpaired) electrons. The van der Waals surface area contributed by atoms with E-state index >= 15 is 0 Å². The highest BCUT2D eigenvalue weighted by Crippen LogP contribution is 2.10. The number of hydrogen-bond acceptors (Lipinski definition) is 4. The number of pyridine rings is 1. The fraction of sp³-hybridized carbons (Fsp3) is 0.471. The molecular weight excluding hydrogens is 290 g/mol. The van der Waals surface area contributed by atoms with Crippen LogP contribution in [0.3, 0.4) is 0 Å². The zero-order valence-corrected chi connectivity index (χ0v) is 13.6. The third-order valence-electron chi connectivity index (χ3n) is 4.27. The molecule has 6 nitrogen and oxygen atoms in total. The lowest BCUT2D eigenvalue weighted by Gasteiger charge is -2.21. The summed E-state index contributed by atoms with van der Waals surface area (Å²) in [6, 6.07) is 5.47. The second kappa shape index (κ2) is 7.37.